The van der Waals surface area contributed by atoms with Crippen molar-refractivity contribution in [2.75, 3.05) is 44.6 Å². The first-order valence-electron chi connectivity index (χ1n) is 11.5. The van der Waals surface area contributed by atoms with Crippen LogP contribution in [0.15, 0.2) is 54.0 Å². The number of amides is 2. The number of carbonyl (C=O) groups excluding carboxylic acids is 3. The maximum absolute atomic E-state index is 12.9. The van der Waals surface area contributed by atoms with Crippen molar-refractivity contribution in [2.24, 2.45) is 0 Å². The molecule has 0 radical (unpaired) electrons. The van der Waals surface area contributed by atoms with Crippen LogP contribution < -0.4 is 5.32 Å². The number of pyridine rings is 1. The van der Waals surface area contributed by atoms with Crippen molar-refractivity contribution in [1.82, 2.24) is 14.8 Å². The number of esters is 1. The van der Waals surface area contributed by atoms with Crippen molar-refractivity contribution >= 4 is 34.1 Å². The maximum atomic E-state index is 12.9. The van der Waals surface area contributed by atoms with Crippen molar-refractivity contribution in [3.05, 3.63) is 70.9 Å². The quantitative estimate of drug-likeness (QED) is 0.506. The second-order valence-electron chi connectivity index (χ2n) is 8.27. The van der Waals surface area contributed by atoms with Gasteiger partial charge in [-0.3, -0.25) is 19.5 Å². The number of thiophene rings is 1. The number of aryl methyl sites for hydroxylation is 1. The summed E-state index contributed by atoms with van der Waals surface area (Å²) in [6.07, 6.45) is 1.60. The van der Waals surface area contributed by atoms with Crippen LogP contribution in [0.5, 0.6) is 0 Å². The van der Waals surface area contributed by atoms with Crippen molar-refractivity contribution < 1.29 is 19.1 Å². The van der Waals surface area contributed by atoms with Gasteiger partial charge in [-0.05, 0) is 31.5 Å². The van der Waals surface area contributed by atoms with Crippen LogP contribution in [0.25, 0.3) is 11.1 Å². The van der Waals surface area contributed by atoms with Crippen molar-refractivity contribution in [3.8, 4) is 11.1 Å². The third-order valence-electron chi connectivity index (χ3n) is 5.80. The second kappa shape index (κ2) is 11.2. The summed E-state index contributed by atoms with van der Waals surface area (Å²) in [6.45, 7) is 6.38. The Bertz CT molecular complexity index is 1190. The molecule has 0 spiro atoms. The van der Waals surface area contributed by atoms with E-state index in [1.807, 2.05) is 41.5 Å². The van der Waals surface area contributed by atoms with Crippen LogP contribution in [-0.4, -0.2) is 71.9 Å². The number of carbonyl (C=O) groups is 3. The van der Waals surface area contributed by atoms with Crippen LogP contribution in [0.1, 0.15) is 33.3 Å². The van der Waals surface area contributed by atoms with E-state index in [9.17, 15) is 14.4 Å². The molecule has 3 aromatic rings. The summed E-state index contributed by atoms with van der Waals surface area (Å²) < 4.78 is 5.28. The highest BCUT2D eigenvalue weighted by Gasteiger charge is 2.26. The molecule has 182 valence electrons. The Morgan fingerprint density at radius 3 is 2.46 bits per heavy atom. The molecule has 2 aromatic heterocycles. The molecule has 8 nitrogen and oxygen atoms in total. The molecule has 1 fully saturated rings. The maximum Gasteiger partial charge on any atom is 0.341 e. The van der Waals surface area contributed by atoms with Gasteiger partial charge in [-0.15, -0.1) is 11.3 Å². The minimum Gasteiger partial charge on any atom is -0.462 e. The Hall–Kier alpha value is -3.56. The molecule has 2 amide bonds. The molecule has 1 aromatic carbocycles. The zero-order valence-electron chi connectivity index (χ0n) is 19.8. The van der Waals surface area contributed by atoms with Gasteiger partial charge in [0.25, 0.3) is 5.91 Å². The molecular weight excluding hydrogens is 464 g/mol. The summed E-state index contributed by atoms with van der Waals surface area (Å²) in [5.41, 5.74) is 3.55. The molecule has 0 atom stereocenters. The van der Waals surface area contributed by atoms with E-state index in [-0.39, 0.29) is 25.0 Å². The molecular formula is C26H28N4O4S. The monoisotopic (exact) mass is 492 g/mol. The predicted octanol–water partition coefficient (Wildman–Crippen LogP) is 3.69. The van der Waals surface area contributed by atoms with Gasteiger partial charge in [-0.25, -0.2) is 4.79 Å². The fourth-order valence-electron chi connectivity index (χ4n) is 3.93. The number of ether oxygens (including phenoxy) is 1. The van der Waals surface area contributed by atoms with E-state index < -0.39 is 5.97 Å². The Morgan fingerprint density at radius 1 is 1.06 bits per heavy atom. The number of anilines is 1. The van der Waals surface area contributed by atoms with Crippen LogP contribution in [-0.2, 0) is 9.53 Å². The number of rotatable bonds is 7. The largest absolute Gasteiger partial charge is 0.462 e. The highest BCUT2D eigenvalue weighted by molar-refractivity contribution is 7.15. The van der Waals surface area contributed by atoms with Gasteiger partial charge in [-0.2, -0.15) is 0 Å². The van der Waals surface area contributed by atoms with Crippen molar-refractivity contribution in [1.29, 1.82) is 0 Å². The van der Waals surface area contributed by atoms with E-state index in [4.69, 9.17) is 4.74 Å². The van der Waals surface area contributed by atoms with Gasteiger partial charge in [0.05, 0.1) is 13.2 Å². The van der Waals surface area contributed by atoms with Gasteiger partial charge in [0, 0.05) is 43.3 Å². The first-order valence-corrected chi connectivity index (χ1v) is 12.4. The van der Waals surface area contributed by atoms with Crippen LogP contribution >= 0.6 is 11.3 Å². The lowest BCUT2D eigenvalue weighted by molar-refractivity contribution is -0.117. The zero-order valence-corrected chi connectivity index (χ0v) is 20.6. The Balaban J connectivity index is 1.39. The first-order chi connectivity index (χ1) is 17.0. The fraction of sp³-hybridized carbons (Fsp3) is 0.308. The lowest BCUT2D eigenvalue weighted by Gasteiger charge is -2.34. The number of hydrogen-bond acceptors (Lipinski definition) is 7. The normalized spacial score (nSPS) is 13.9. The summed E-state index contributed by atoms with van der Waals surface area (Å²) in [6, 6.07) is 13.2. The Morgan fingerprint density at radius 2 is 1.80 bits per heavy atom. The van der Waals surface area contributed by atoms with Crippen LogP contribution in [0, 0.1) is 6.92 Å². The van der Waals surface area contributed by atoms with E-state index in [2.05, 4.69) is 10.3 Å². The fourth-order valence-corrected chi connectivity index (χ4v) is 4.90. The molecule has 1 saturated heterocycles. The van der Waals surface area contributed by atoms with Crippen LogP contribution in [0.4, 0.5) is 5.00 Å². The minimum absolute atomic E-state index is 0.101. The summed E-state index contributed by atoms with van der Waals surface area (Å²) in [4.78, 5) is 46.1. The summed E-state index contributed by atoms with van der Waals surface area (Å²) >= 11 is 1.31. The first kappa shape index (κ1) is 24.6. The van der Waals surface area contributed by atoms with Crippen molar-refractivity contribution in [2.45, 2.75) is 13.8 Å². The molecule has 0 aliphatic carbocycles. The topological polar surface area (TPSA) is 91.8 Å². The average molecular weight is 493 g/mol. The molecule has 1 aliphatic rings. The molecule has 9 heteroatoms. The van der Waals surface area contributed by atoms with Gasteiger partial charge < -0.3 is 15.0 Å². The van der Waals surface area contributed by atoms with E-state index in [0.29, 0.717) is 42.4 Å². The molecule has 35 heavy (non-hydrogen) atoms. The molecule has 4 rings (SSSR count). The van der Waals surface area contributed by atoms with Gasteiger partial charge in [0.2, 0.25) is 5.91 Å². The van der Waals surface area contributed by atoms with Gasteiger partial charge in [0.1, 0.15) is 16.3 Å². The molecule has 0 bridgehead atoms. The lowest BCUT2D eigenvalue weighted by Crippen LogP contribution is -2.50. The minimum atomic E-state index is -0.457. The number of benzene rings is 1. The Labute approximate surface area is 208 Å². The highest BCUT2D eigenvalue weighted by atomic mass is 32.1. The van der Waals surface area contributed by atoms with Gasteiger partial charge >= 0.3 is 5.97 Å². The second-order valence-corrected chi connectivity index (χ2v) is 9.15. The van der Waals surface area contributed by atoms with Gasteiger partial charge in [-0.1, -0.05) is 35.9 Å². The van der Waals surface area contributed by atoms with E-state index in [1.54, 1.807) is 36.2 Å². The Kier molecular flexibility index (Phi) is 7.89. The molecule has 1 N–H and O–H groups in total. The third kappa shape index (κ3) is 5.93. The standard InChI is InChI=1S/C26H28N4O4S/c1-3-34-26(33)23-20(19-9-7-18(2)8-10-19)17-35-24(23)28-22(31)16-29-12-14-30(15-13-29)25(32)21-6-4-5-11-27-21/h4-11,17H,3,12-16H2,1-2H3,(H,28,31). The molecule has 1 aliphatic heterocycles. The molecule has 3 heterocycles. The van der Waals surface area contributed by atoms with Crippen LogP contribution in [0.3, 0.4) is 0 Å². The van der Waals surface area contributed by atoms with Gasteiger partial charge in [0.15, 0.2) is 0 Å². The number of nitrogens with zero attached hydrogens (tertiary/aromatic N) is 3. The van der Waals surface area contributed by atoms with E-state index in [1.165, 1.54) is 11.3 Å². The predicted molar refractivity (Wildman–Crippen MR) is 136 cm³/mol. The summed E-state index contributed by atoms with van der Waals surface area (Å²) in [7, 11) is 0. The number of piperazine rings is 1. The number of hydrogen-bond donors (Lipinski definition) is 1. The smallest absolute Gasteiger partial charge is 0.341 e. The molecule has 0 unspecified atom stereocenters. The number of aromatic nitrogens is 1. The SMILES string of the molecule is CCOC(=O)c1c(-c2ccc(C)cc2)csc1NC(=O)CN1CCN(C(=O)c2ccccn2)CC1. The highest BCUT2D eigenvalue weighted by Crippen LogP contribution is 2.36. The van der Waals surface area contributed by atoms with Crippen LogP contribution in [0.2, 0.25) is 0 Å². The summed E-state index contributed by atoms with van der Waals surface area (Å²) in [5.74, 6) is -0.769. The van der Waals surface area contributed by atoms with E-state index in [0.717, 1.165) is 16.7 Å². The third-order valence-corrected chi connectivity index (χ3v) is 6.69. The number of nitrogens with one attached hydrogen (secondary N) is 1. The molecule has 0 saturated carbocycles. The lowest BCUT2D eigenvalue weighted by atomic mass is 10.0. The zero-order chi connectivity index (χ0) is 24.8. The van der Waals surface area contributed by atoms with Crippen molar-refractivity contribution in [3.63, 3.8) is 0 Å². The van der Waals surface area contributed by atoms with E-state index >= 15 is 0 Å². The average Bonchev–Trinajstić information content (AvgIpc) is 3.28. The summed E-state index contributed by atoms with van der Waals surface area (Å²) in [5, 5.41) is 5.25.